The number of rotatable bonds is 7. The quantitative estimate of drug-likeness (QED) is 0.607. The van der Waals surface area contributed by atoms with Crippen LogP contribution in [0.5, 0.6) is 11.5 Å². The molecule has 24 heavy (non-hydrogen) atoms. The second-order valence-electron chi connectivity index (χ2n) is 6.25. The highest BCUT2D eigenvalue weighted by atomic mass is 19.3. The molecule has 2 heterocycles. The van der Waals surface area contributed by atoms with Crippen molar-refractivity contribution in [1.29, 1.82) is 0 Å². The molecule has 1 aromatic carbocycles. The van der Waals surface area contributed by atoms with Crippen molar-refractivity contribution in [3.63, 3.8) is 0 Å². The maximum atomic E-state index is 13.2. The van der Waals surface area contributed by atoms with Gasteiger partial charge in [0, 0.05) is 32.2 Å². The summed E-state index contributed by atoms with van der Waals surface area (Å²) in [6.07, 6.45) is 2.53. The molecule has 0 unspecified atom stereocenters. The molecule has 0 bridgehead atoms. The lowest BCUT2D eigenvalue weighted by Crippen LogP contribution is -2.45. The second kappa shape index (κ2) is 7.49. The van der Waals surface area contributed by atoms with Crippen LogP contribution in [0.15, 0.2) is 30.9 Å². The molecule has 2 aliphatic rings. The van der Waals surface area contributed by atoms with Gasteiger partial charge in [-0.05, 0) is 37.0 Å². The fourth-order valence-electron chi connectivity index (χ4n) is 3.35. The van der Waals surface area contributed by atoms with Crippen LogP contribution >= 0.6 is 0 Å². The molecule has 3 rings (SSSR count). The van der Waals surface area contributed by atoms with E-state index in [0.29, 0.717) is 0 Å². The van der Waals surface area contributed by atoms with Crippen LogP contribution in [0.25, 0.3) is 0 Å². The van der Waals surface area contributed by atoms with Crippen LogP contribution in [0.3, 0.4) is 0 Å². The van der Waals surface area contributed by atoms with Gasteiger partial charge in [-0.15, -0.1) is 15.4 Å². The summed E-state index contributed by atoms with van der Waals surface area (Å²) in [7, 11) is 0. The number of ether oxygens (including phenoxy) is 2. The molecule has 0 spiro atoms. The van der Waals surface area contributed by atoms with Crippen LogP contribution in [0.1, 0.15) is 37.3 Å². The number of hydrogen-bond donors (Lipinski definition) is 1. The largest absolute Gasteiger partial charge is 0.586 e. The molecule has 6 heteroatoms. The zero-order valence-corrected chi connectivity index (χ0v) is 13.8. The minimum atomic E-state index is -3.56. The highest BCUT2D eigenvalue weighted by Crippen LogP contribution is 2.43. The van der Waals surface area contributed by atoms with Crippen molar-refractivity contribution in [2.45, 2.75) is 38.0 Å². The van der Waals surface area contributed by atoms with Crippen LogP contribution in [0.4, 0.5) is 8.78 Å². The van der Waals surface area contributed by atoms with Crippen molar-refractivity contribution < 1.29 is 18.3 Å². The topological polar surface area (TPSA) is 33.7 Å². The number of nitrogens with one attached hydrogen (secondary N) is 1. The minimum absolute atomic E-state index is 0.106. The predicted molar refractivity (Wildman–Crippen MR) is 88.5 cm³/mol. The lowest BCUT2D eigenvalue weighted by atomic mass is 9.97. The fraction of sp³-hybridized carbons (Fsp3) is 0.556. The summed E-state index contributed by atoms with van der Waals surface area (Å²) in [5, 5.41) is 3.35. The van der Waals surface area contributed by atoms with Crippen LogP contribution < -0.4 is 14.8 Å². The fourth-order valence-corrected chi connectivity index (χ4v) is 3.35. The average molecular weight is 338 g/mol. The van der Waals surface area contributed by atoms with E-state index < -0.39 is 6.29 Å². The van der Waals surface area contributed by atoms with Crippen molar-refractivity contribution in [2.75, 3.05) is 26.2 Å². The standard InChI is InChI=1S/C18H24F2N2O2/c1-2-3-4-5-6-15(22-11-9-21-10-12-22)14-7-8-16-17(13-14)24-18(19,20)23-16/h2,7-8,13,15,21H,1,3-6,9-12H2/t15-/m1/s1. The summed E-state index contributed by atoms with van der Waals surface area (Å²) in [5.41, 5.74) is 1.01. The van der Waals surface area contributed by atoms with Gasteiger partial charge < -0.3 is 14.8 Å². The molecule has 0 aromatic heterocycles. The van der Waals surface area contributed by atoms with E-state index in [0.717, 1.165) is 57.4 Å². The average Bonchev–Trinajstić information content (AvgIpc) is 2.88. The Morgan fingerprint density at radius 2 is 1.96 bits per heavy atom. The van der Waals surface area contributed by atoms with Gasteiger partial charge in [-0.25, -0.2) is 0 Å². The first-order valence-corrected chi connectivity index (χ1v) is 8.54. The van der Waals surface area contributed by atoms with Gasteiger partial charge in [0.1, 0.15) is 0 Å². The van der Waals surface area contributed by atoms with Gasteiger partial charge in [0.25, 0.3) is 0 Å². The van der Waals surface area contributed by atoms with Crippen molar-refractivity contribution in [3.05, 3.63) is 36.4 Å². The third-order valence-corrected chi connectivity index (χ3v) is 4.54. The van der Waals surface area contributed by atoms with Crippen LogP contribution in [0, 0.1) is 0 Å². The Bertz CT molecular complexity index is 574. The van der Waals surface area contributed by atoms with Gasteiger partial charge in [-0.1, -0.05) is 18.6 Å². The molecule has 1 atom stereocenters. The van der Waals surface area contributed by atoms with E-state index in [1.807, 2.05) is 12.1 Å². The van der Waals surface area contributed by atoms with Gasteiger partial charge in [0.15, 0.2) is 11.5 Å². The van der Waals surface area contributed by atoms with E-state index >= 15 is 0 Å². The van der Waals surface area contributed by atoms with E-state index in [4.69, 9.17) is 0 Å². The highest BCUT2D eigenvalue weighted by Gasteiger charge is 2.43. The normalized spacial score (nSPS) is 20.8. The first-order chi connectivity index (χ1) is 11.6. The molecule has 1 fully saturated rings. The molecule has 0 saturated carbocycles. The number of piperazine rings is 1. The Kier molecular flexibility index (Phi) is 5.36. The Hall–Kier alpha value is -1.66. The molecule has 0 amide bonds. The van der Waals surface area contributed by atoms with Crippen LogP contribution in [0.2, 0.25) is 0 Å². The monoisotopic (exact) mass is 338 g/mol. The highest BCUT2D eigenvalue weighted by molar-refractivity contribution is 5.46. The van der Waals surface area contributed by atoms with Gasteiger partial charge in [-0.3, -0.25) is 4.90 Å². The minimum Gasteiger partial charge on any atom is -0.395 e. The number of nitrogens with zero attached hydrogens (tertiary/aromatic N) is 1. The summed E-state index contributed by atoms with van der Waals surface area (Å²) < 4.78 is 35.6. The van der Waals surface area contributed by atoms with Crippen LogP contribution in [-0.2, 0) is 0 Å². The van der Waals surface area contributed by atoms with Gasteiger partial charge in [0.2, 0.25) is 0 Å². The van der Waals surface area contributed by atoms with E-state index in [1.54, 1.807) is 12.1 Å². The molecular formula is C18H24F2N2O2. The van der Waals surface area contributed by atoms with E-state index in [2.05, 4.69) is 26.3 Å². The van der Waals surface area contributed by atoms with Gasteiger partial charge in [0.05, 0.1) is 0 Å². The molecular weight excluding hydrogens is 314 g/mol. The number of benzene rings is 1. The molecule has 0 radical (unpaired) electrons. The molecule has 1 saturated heterocycles. The van der Waals surface area contributed by atoms with E-state index in [-0.39, 0.29) is 17.5 Å². The van der Waals surface area contributed by atoms with Crippen molar-refractivity contribution in [1.82, 2.24) is 10.2 Å². The number of halogens is 2. The summed E-state index contributed by atoms with van der Waals surface area (Å²) in [6, 6.07) is 5.38. The lowest BCUT2D eigenvalue weighted by Gasteiger charge is -2.35. The van der Waals surface area contributed by atoms with Gasteiger partial charge >= 0.3 is 6.29 Å². The van der Waals surface area contributed by atoms with Crippen LogP contribution in [-0.4, -0.2) is 37.4 Å². The number of hydrogen-bond acceptors (Lipinski definition) is 4. The van der Waals surface area contributed by atoms with Crippen molar-refractivity contribution in [2.24, 2.45) is 0 Å². The molecule has 4 nitrogen and oxygen atoms in total. The number of unbranched alkanes of at least 4 members (excludes halogenated alkanes) is 2. The zero-order valence-electron chi connectivity index (χ0n) is 13.8. The predicted octanol–water partition coefficient (Wildman–Crippen LogP) is 3.70. The Morgan fingerprint density at radius 1 is 1.21 bits per heavy atom. The Morgan fingerprint density at radius 3 is 2.71 bits per heavy atom. The second-order valence-corrected chi connectivity index (χ2v) is 6.25. The number of alkyl halides is 2. The molecule has 0 aliphatic carbocycles. The van der Waals surface area contributed by atoms with E-state index in [1.165, 1.54) is 0 Å². The van der Waals surface area contributed by atoms with E-state index in [9.17, 15) is 8.78 Å². The summed E-state index contributed by atoms with van der Waals surface area (Å²) in [5.74, 6) is 0.234. The Labute approximate surface area is 141 Å². The van der Waals surface area contributed by atoms with Crippen molar-refractivity contribution >= 4 is 0 Å². The maximum absolute atomic E-state index is 13.2. The molecule has 1 aromatic rings. The number of fused-ring (bicyclic) bond motifs is 1. The molecule has 1 N–H and O–H groups in total. The smallest absolute Gasteiger partial charge is 0.395 e. The van der Waals surface area contributed by atoms with Crippen molar-refractivity contribution in [3.8, 4) is 11.5 Å². The molecule has 132 valence electrons. The third-order valence-electron chi connectivity index (χ3n) is 4.54. The molecule has 2 aliphatic heterocycles. The first kappa shape index (κ1) is 17.2. The number of allylic oxidation sites excluding steroid dienone is 1. The lowest BCUT2D eigenvalue weighted by molar-refractivity contribution is -0.286. The third kappa shape index (κ3) is 4.05. The maximum Gasteiger partial charge on any atom is 0.586 e. The summed E-state index contributed by atoms with van der Waals surface area (Å²) in [6.45, 7) is 7.57. The summed E-state index contributed by atoms with van der Waals surface area (Å²) >= 11 is 0. The zero-order chi connectivity index (χ0) is 17.0. The Balaban J connectivity index is 1.76. The summed E-state index contributed by atoms with van der Waals surface area (Å²) in [4.78, 5) is 2.42. The first-order valence-electron chi connectivity index (χ1n) is 8.54. The van der Waals surface area contributed by atoms with Gasteiger partial charge in [-0.2, -0.15) is 0 Å². The SMILES string of the molecule is C=CCCCC[C@H](c1ccc2c(c1)OC(F)(F)O2)N1CCNCC1.